The summed E-state index contributed by atoms with van der Waals surface area (Å²) < 4.78 is 1.83. The Labute approximate surface area is 113 Å². The summed E-state index contributed by atoms with van der Waals surface area (Å²) in [6.07, 6.45) is 0. The number of anilines is 1. The molecule has 102 valence electrons. The maximum Gasteiger partial charge on any atom is 0.153 e. The third-order valence-corrected chi connectivity index (χ3v) is 3.80. The van der Waals surface area contributed by atoms with Gasteiger partial charge in [0.05, 0.1) is 5.52 Å². The lowest BCUT2D eigenvalue weighted by atomic mass is 10.1. The van der Waals surface area contributed by atoms with Crippen LogP contribution in [-0.2, 0) is 13.6 Å². The van der Waals surface area contributed by atoms with Gasteiger partial charge in [0.25, 0.3) is 0 Å². The number of rotatable bonds is 2. The monoisotopic (exact) mass is 259 g/mol. The van der Waals surface area contributed by atoms with Crippen LogP contribution in [0.1, 0.15) is 12.5 Å². The summed E-state index contributed by atoms with van der Waals surface area (Å²) >= 11 is 0. The van der Waals surface area contributed by atoms with Gasteiger partial charge in [-0.05, 0) is 24.6 Å². The van der Waals surface area contributed by atoms with E-state index >= 15 is 0 Å². The van der Waals surface area contributed by atoms with Gasteiger partial charge in [-0.1, -0.05) is 6.07 Å². The Balaban J connectivity index is 1.83. The number of nitrogens with two attached hydrogens (primary N) is 1. The van der Waals surface area contributed by atoms with Crippen LogP contribution in [0, 0.1) is 0 Å². The Morgan fingerprint density at radius 2 is 2.32 bits per heavy atom. The minimum Gasteiger partial charge on any atom is -0.382 e. The van der Waals surface area contributed by atoms with Crippen molar-refractivity contribution in [3.05, 3.63) is 23.8 Å². The van der Waals surface area contributed by atoms with Crippen LogP contribution >= 0.6 is 0 Å². The minimum atomic E-state index is 0.570. The topological polar surface area (TPSA) is 59.1 Å². The third-order valence-electron chi connectivity index (χ3n) is 3.80. The number of piperazine rings is 1. The number of aryl methyl sites for hydroxylation is 1. The molecule has 2 heterocycles. The number of fused-ring (bicyclic) bond motifs is 1. The van der Waals surface area contributed by atoms with Crippen LogP contribution in [0.15, 0.2) is 18.2 Å². The molecule has 0 bridgehead atoms. The van der Waals surface area contributed by atoms with Gasteiger partial charge < -0.3 is 11.1 Å². The fraction of sp³-hybridized carbons (Fsp3) is 0.500. The van der Waals surface area contributed by atoms with Crippen molar-refractivity contribution in [1.29, 1.82) is 0 Å². The summed E-state index contributed by atoms with van der Waals surface area (Å²) in [5.74, 6) is 0.619. The van der Waals surface area contributed by atoms with Crippen molar-refractivity contribution in [3.8, 4) is 0 Å². The normalized spacial score (nSPS) is 21.1. The summed E-state index contributed by atoms with van der Waals surface area (Å²) in [5.41, 5.74) is 8.34. The molecule has 0 radical (unpaired) electrons. The first-order chi connectivity index (χ1) is 9.13. The average molecular weight is 259 g/mol. The van der Waals surface area contributed by atoms with Gasteiger partial charge in [-0.15, -0.1) is 0 Å². The highest BCUT2D eigenvalue weighted by atomic mass is 15.3. The van der Waals surface area contributed by atoms with Crippen LogP contribution in [-0.4, -0.2) is 40.4 Å². The molecule has 1 atom stereocenters. The Bertz CT molecular complexity index is 589. The van der Waals surface area contributed by atoms with E-state index in [0.29, 0.717) is 11.9 Å². The molecule has 0 amide bonds. The second-order valence-electron chi connectivity index (χ2n) is 5.45. The van der Waals surface area contributed by atoms with Gasteiger partial charge in [0, 0.05) is 44.7 Å². The molecule has 5 heteroatoms. The van der Waals surface area contributed by atoms with Gasteiger partial charge in [-0.25, -0.2) is 0 Å². The first-order valence-electron chi connectivity index (χ1n) is 6.80. The summed E-state index contributed by atoms with van der Waals surface area (Å²) in [7, 11) is 1.93. The summed E-state index contributed by atoms with van der Waals surface area (Å²) in [5, 5.41) is 8.78. The van der Waals surface area contributed by atoms with Crippen LogP contribution in [0.5, 0.6) is 0 Å². The SMILES string of the molecule is C[C@H]1CN(Cc2ccc3c(c2)c(N)nn3C)CCN1. The van der Waals surface area contributed by atoms with Crippen molar-refractivity contribution in [1.82, 2.24) is 20.0 Å². The predicted molar refractivity (Wildman–Crippen MR) is 77.9 cm³/mol. The van der Waals surface area contributed by atoms with E-state index in [-0.39, 0.29) is 0 Å². The number of benzene rings is 1. The third kappa shape index (κ3) is 2.43. The molecule has 1 aliphatic heterocycles. The standard InChI is InChI=1S/C14H21N5/c1-10-8-19(6-5-16-10)9-11-3-4-13-12(7-11)14(15)17-18(13)2/h3-4,7,10,16H,5-6,8-9H2,1-2H3,(H2,15,17)/t10-/m0/s1. The Morgan fingerprint density at radius 1 is 1.47 bits per heavy atom. The number of nitrogens with one attached hydrogen (secondary N) is 1. The van der Waals surface area contributed by atoms with Gasteiger partial charge in [-0.2, -0.15) is 5.10 Å². The van der Waals surface area contributed by atoms with E-state index < -0.39 is 0 Å². The van der Waals surface area contributed by atoms with Crippen LogP contribution in [0.3, 0.4) is 0 Å². The van der Waals surface area contributed by atoms with Crippen molar-refractivity contribution in [2.75, 3.05) is 25.4 Å². The maximum atomic E-state index is 5.95. The van der Waals surface area contributed by atoms with E-state index in [1.807, 2.05) is 11.7 Å². The molecule has 1 aliphatic rings. The van der Waals surface area contributed by atoms with Crippen LogP contribution in [0.2, 0.25) is 0 Å². The first-order valence-corrected chi connectivity index (χ1v) is 6.80. The lowest BCUT2D eigenvalue weighted by Crippen LogP contribution is -2.48. The summed E-state index contributed by atoms with van der Waals surface area (Å²) in [6.45, 7) is 6.48. The Morgan fingerprint density at radius 3 is 3.11 bits per heavy atom. The van der Waals surface area contributed by atoms with Crippen molar-refractivity contribution in [2.45, 2.75) is 19.5 Å². The predicted octanol–water partition coefficient (Wildman–Crippen LogP) is 0.949. The molecule has 3 rings (SSSR count). The first kappa shape index (κ1) is 12.4. The van der Waals surface area contributed by atoms with Crippen LogP contribution in [0.4, 0.5) is 5.82 Å². The summed E-state index contributed by atoms with van der Waals surface area (Å²) in [6, 6.07) is 7.03. The Kier molecular flexibility index (Phi) is 3.16. The second kappa shape index (κ2) is 4.83. The second-order valence-corrected chi connectivity index (χ2v) is 5.45. The van der Waals surface area contributed by atoms with Gasteiger partial charge in [0.1, 0.15) is 0 Å². The van der Waals surface area contributed by atoms with Crippen molar-refractivity contribution in [3.63, 3.8) is 0 Å². The molecule has 3 N–H and O–H groups in total. The zero-order valence-electron chi connectivity index (χ0n) is 11.6. The molecule has 0 saturated carbocycles. The van der Waals surface area contributed by atoms with Crippen LogP contribution < -0.4 is 11.1 Å². The number of aromatic nitrogens is 2. The van der Waals surface area contributed by atoms with Gasteiger partial charge in [0.15, 0.2) is 5.82 Å². The molecule has 1 aromatic heterocycles. The fourth-order valence-electron chi connectivity index (χ4n) is 2.85. The van der Waals surface area contributed by atoms with E-state index in [0.717, 1.165) is 37.1 Å². The highest BCUT2D eigenvalue weighted by Crippen LogP contribution is 2.22. The molecule has 1 fully saturated rings. The smallest absolute Gasteiger partial charge is 0.153 e. The molecular formula is C14H21N5. The molecule has 5 nitrogen and oxygen atoms in total. The number of nitrogens with zero attached hydrogens (tertiary/aromatic N) is 3. The largest absolute Gasteiger partial charge is 0.382 e. The van der Waals surface area contributed by atoms with Crippen molar-refractivity contribution >= 4 is 16.7 Å². The lowest BCUT2D eigenvalue weighted by molar-refractivity contribution is 0.200. The van der Waals surface area contributed by atoms with E-state index in [2.05, 4.69) is 40.4 Å². The lowest BCUT2D eigenvalue weighted by Gasteiger charge is -2.31. The quantitative estimate of drug-likeness (QED) is 0.843. The molecule has 0 unspecified atom stereocenters. The van der Waals surface area contributed by atoms with Gasteiger partial charge in [-0.3, -0.25) is 9.58 Å². The molecule has 1 aromatic carbocycles. The molecule has 2 aromatic rings. The van der Waals surface area contributed by atoms with Gasteiger partial charge in [0.2, 0.25) is 0 Å². The van der Waals surface area contributed by atoms with Crippen molar-refractivity contribution in [2.24, 2.45) is 7.05 Å². The zero-order chi connectivity index (χ0) is 13.4. The molecule has 19 heavy (non-hydrogen) atoms. The number of hydrogen-bond acceptors (Lipinski definition) is 4. The molecule has 1 saturated heterocycles. The van der Waals surface area contributed by atoms with Gasteiger partial charge >= 0.3 is 0 Å². The minimum absolute atomic E-state index is 0.570. The maximum absolute atomic E-state index is 5.95. The van der Waals surface area contributed by atoms with Crippen LogP contribution in [0.25, 0.3) is 10.9 Å². The molecular weight excluding hydrogens is 238 g/mol. The number of hydrogen-bond donors (Lipinski definition) is 2. The number of nitrogen functional groups attached to an aromatic ring is 1. The molecule has 0 aliphatic carbocycles. The van der Waals surface area contributed by atoms with E-state index in [4.69, 9.17) is 5.73 Å². The van der Waals surface area contributed by atoms with E-state index in [1.165, 1.54) is 5.56 Å². The molecule has 0 spiro atoms. The average Bonchev–Trinajstić information content (AvgIpc) is 2.65. The van der Waals surface area contributed by atoms with Crippen molar-refractivity contribution < 1.29 is 0 Å². The summed E-state index contributed by atoms with van der Waals surface area (Å²) in [4.78, 5) is 2.48. The zero-order valence-corrected chi connectivity index (χ0v) is 11.6. The highest BCUT2D eigenvalue weighted by Gasteiger charge is 2.16. The fourth-order valence-corrected chi connectivity index (χ4v) is 2.85. The highest BCUT2D eigenvalue weighted by molar-refractivity contribution is 5.89. The van der Waals surface area contributed by atoms with E-state index in [1.54, 1.807) is 0 Å². The Hall–Kier alpha value is -1.59. The van der Waals surface area contributed by atoms with E-state index in [9.17, 15) is 0 Å².